The fraction of sp³-hybridized carbons (Fsp3) is 0.308. The standard InChI is InChI=1S/C26H26N2O2S2/c29-24(17-28(20-11-12-20)25(30)18-32-21-9-5-2-6-10-21)27-15-13-23-22(14-16-31-23)26(27)19-7-3-1-4-8-19/h1-10,14,16,20,26H,11-13,15,17-18H2. The quantitative estimate of drug-likeness (QED) is 0.464. The molecule has 1 atom stereocenters. The van der Waals surface area contributed by atoms with E-state index in [9.17, 15) is 9.59 Å². The van der Waals surface area contributed by atoms with Crippen molar-refractivity contribution in [1.82, 2.24) is 9.80 Å². The van der Waals surface area contributed by atoms with Crippen LogP contribution in [0, 0.1) is 0 Å². The Bertz CT molecular complexity index is 1080. The van der Waals surface area contributed by atoms with Gasteiger partial charge in [-0.25, -0.2) is 0 Å². The van der Waals surface area contributed by atoms with Crippen molar-refractivity contribution in [3.8, 4) is 0 Å². The summed E-state index contributed by atoms with van der Waals surface area (Å²) in [5.41, 5.74) is 2.36. The van der Waals surface area contributed by atoms with Crippen LogP contribution in [0.4, 0.5) is 0 Å². The Kier molecular flexibility index (Phi) is 6.32. The fourth-order valence-corrected chi connectivity index (χ4v) is 6.08. The number of carbonyl (C=O) groups excluding carboxylic acids is 2. The number of thiophene rings is 1. The maximum absolute atomic E-state index is 13.6. The Balaban J connectivity index is 1.32. The van der Waals surface area contributed by atoms with Gasteiger partial charge in [0.25, 0.3) is 0 Å². The highest BCUT2D eigenvalue weighted by atomic mass is 32.2. The molecule has 32 heavy (non-hydrogen) atoms. The molecule has 0 saturated heterocycles. The third-order valence-electron chi connectivity index (χ3n) is 6.12. The molecule has 164 valence electrons. The van der Waals surface area contributed by atoms with Crippen LogP contribution in [-0.2, 0) is 16.0 Å². The first-order valence-corrected chi connectivity index (χ1v) is 13.0. The normalized spacial score (nSPS) is 17.6. The summed E-state index contributed by atoms with van der Waals surface area (Å²) >= 11 is 3.31. The second kappa shape index (κ2) is 9.51. The number of hydrogen-bond donors (Lipinski definition) is 0. The smallest absolute Gasteiger partial charge is 0.243 e. The minimum Gasteiger partial charge on any atom is -0.330 e. The van der Waals surface area contributed by atoms with E-state index in [2.05, 4.69) is 23.6 Å². The van der Waals surface area contributed by atoms with E-state index in [1.165, 1.54) is 22.2 Å². The number of thioether (sulfide) groups is 1. The minimum atomic E-state index is -0.0754. The zero-order chi connectivity index (χ0) is 21.9. The first kappa shape index (κ1) is 21.3. The molecule has 0 radical (unpaired) electrons. The highest BCUT2D eigenvalue weighted by Gasteiger charge is 2.38. The molecule has 6 heteroatoms. The summed E-state index contributed by atoms with van der Waals surface area (Å²) in [5.74, 6) is 0.463. The number of amides is 2. The summed E-state index contributed by atoms with van der Waals surface area (Å²) in [5, 5.41) is 2.12. The van der Waals surface area contributed by atoms with Gasteiger partial charge in [0.1, 0.15) is 6.54 Å². The third-order valence-corrected chi connectivity index (χ3v) is 8.11. The molecular weight excluding hydrogens is 436 g/mol. The molecule has 2 amide bonds. The van der Waals surface area contributed by atoms with Gasteiger partial charge in [0.05, 0.1) is 11.8 Å². The predicted octanol–water partition coefficient (Wildman–Crippen LogP) is 5.01. The van der Waals surface area contributed by atoms with Gasteiger partial charge in [0.15, 0.2) is 0 Å². The van der Waals surface area contributed by atoms with Crippen molar-refractivity contribution in [3.63, 3.8) is 0 Å². The van der Waals surface area contributed by atoms with Gasteiger partial charge in [-0.05, 0) is 54.0 Å². The van der Waals surface area contributed by atoms with E-state index in [1.54, 1.807) is 11.3 Å². The van der Waals surface area contributed by atoms with Crippen LogP contribution in [0.1, 0.15) is 34.9 Å². The SMILES string of the molecule is O=C(CSc1ccccc1)N(CC(=O)N1CCc2sccc2C1c1ccccc1)C1CC1. The predicted molar refractivity (Wildman–Crippen MR) is 130 cm³/mol. The Morgan fingerprint density at radius 2 is 1.72 bits per heavy atom. The average Bonchev–Trinajstić information content (AvgIpc) is 3.57. The Hall–Kier alpha value is -2.57. The molecule has 4 nitrogen and oxygen atoms in total. The fourth-order valence-electron chi connectivity index (χ4n) is 4.37. The van der Waals surface area contributed by atoms with Crippen LogP contribution >= 0.6 is 23.1 Å². The van der Waals surface area contributed by atoms with Crippen LogP contribution in [0.25, 0.3) is 0 Å². The molecule has 3 aromatic rings. The van der Waals surface area contributed by atoms with Gasteiger partial charge < -0.3 is 9.80 Å². The second-order valence-corrected chi connectivity index (χ2v) is 10.4. The molecule has 1 fully saturated rings. The molecule has 0 spiro atoms. The zero-order valence-electron chi connectivity index (χ0n) is 17.9. The molecule has 1 unspecified atom stereocenters. The van der Waals surface area contributed by atoms with Crippen LogP contribution in [0.5, 0.6) is 0 Å². The van der Waals surface area contributed by atoms with Gasteiger partial charge in [-0.1, -0.05) is 48.5 Å². The summed E-state index contributed by atoms with van der Waals surface area (Å²) in [4.78, 5) is 32.9. The molecule has 2 heterocycles. The van der Waals surface area contributed by atoms with Crippen molar-refractivity contribution in [2.24, 2.45) is 0 Å². The van der Waals surface area contributed by atoms with E-state index in [-0.39, 0.29) is 30.4 Å². The molecule has 2 aliphatic rings. The van der Waals surface area contributed by atoms with E-state index in [1.807, 2.05) is 58.3 Å². The van der Waals surface area contributed by atoms with E-state index in [0.717, 1.165) is 29.7 Å². The van der Waals surface area contributed by atoms with E-state index < -0.39 is 0 Å². The second-order valence-electron chi connectivity index (χ2n) is 8.30. The minimum absolute atomic E-state index is 0.0423. The summed E-state index contributed by atoms with van der Waals surface area (Å²) in [6, 6.07) is 22.5. The van der Waals surface area contributed by atoms with Gasteiger partial charge >= 0.3 is 0 Å². The number of benzene rings is 2. The average molecular weight is 463 g/mol. The van der Waals surface area contributed by atoms with Crippen molar-refractivity contribution in [1.29, 1.82) is 0 Å². The summed E-state index contributed by atoms with van der Waals surface area (Å²) < 4.78 is 0. The lowest BCUT2D eigenvalue weighted by Crippen LogP contribution is -2.47. The lowest BCUT2D eigenvalue weighted by Gasteiger charge is -2.37. The molecule has 1 aliphatic carbocycles. The van der Waals surface area contributed by atoms with Crippen molar-refractivity contribution in [3.05, 3.63) is 88.1 Å². The Morgan fingerprint density at radius 1 is 1.00 bits per heavy atom. The van der Waals surface area contributed by atoms with Crippen molar-refractivity contribution < 1.29 is 9.59 Å². The number of hydrogen-bond acceptors (Lipinski definition) is 4. The van der Waals surface area contributed by atoms with Crippen LogP contribution in [-0.4, -0.2) is 46.5 Å². The summed E-state index contributed by atoms with van der Waals surface area (Å²) in [6.07, 6.45) is 2.86. The molecule has 0 N–H and O–H groups in total. The molecule has 1 saturated carbocycles. The molecule has 5 rings (SSSR count). The largest absolute Gasteiger partial charge is 0.330 e. The number of rotatable bonds is 7. The number of fused-ring (bicyclic) bond motifs is 1. The van der Waals surface area contributed by atoms with Gasteiger partial charge in [-0.2, -0.15) is 0 Å². The molecule has 1 aliphatic heterocycles. The van der Waals surface area contributed by atoms with E-state index in [0.29, 0.717) is 12.3 Å². The van der Waals surface area contributed by atoms with Gasteiger partial charge in [0.2, 0.25) is 11.8 Å². The van der Waals surface area contributed by atoms with Crippen LogP contribution in [0.2, 0.25) is 0 Å². The highest BCUT2D eigenvalue weighted by Crippen LogP contribution is 2.38. The first-order valence-electron chi connectivity index (χ1n) is 11.1. The molecule has 0 bridgehead atoms. The number of carbonyl (C=O) groups is 2. The van der Waals surface area contributed by atoms with E-state index in [4.69, 9.17) is 0 Å². The summed E-state index contributed by atoms with van der Waals surface area (Å²) in [7, 11) is 0. The van der Waals surface area contributed by atoms with Crippen molar-refractivity contribution >= 4 is 34.9 Å². The molecular formula is C26H26N2O2S2. The maximum atomic E-state index is 13.6. The maximum Gasteiger partial charge on any atom is 0.243 e. The first-order chi connectivity index (χ1) is 15.7. The Labute approximate surface area is 197 Å². The van der Waals surface area contributed by atoms with Crippen LogP contribution in [0.3, 0.4) is 0 Å². The lowest BCUT2D eigenvalue weighted by atomic mass is 9.93. The van der Waals surface area contributed by atoms with Crippen molar-refractivity contribution in [2.45, 2.75) is 36.2 Å². The van der Waals surface area contributed by atoms with Gasteiger partial charge in [-0.15, -0.1) is 23.1 Å². The topological polar surface area (TPSA) is 40.6 Å². The summed E-state index contributed by atoms with van der Waals surface area (Å²) in [6.45, 7) is 0.860. The van der Waals surface area contributed by atoms with Crippen LogP contribution < -0.4 is 0 Å². The lowest BCUT2D eigenvalue weighted by molar-refractivity contribution is -0.141. The molecule has 1 aromatic heterocycles. The Morgan fingerprint density at radius 3 is 2.44 bits per heavy atom. The molecule has 2 aromatic carbocycles. The van der Waals surface area contributed by atoms with Crippen molar-refractivity contribution in [2.75, 3.05) is 18.8 Å². The zero-order valence-corrected chi connectivity index (χ0v) is 19.5. The van der Waals surface area contributed by atoms with Gasteiger partial charge in [-0.3, -0.25) is 9.59 Å². The van der Waals surface area contributed by atoms with Gasteiger partial charge in [0, 0.05) is 22.4 Å². The van der Waals surface area contributed by atoms with E-state index >= 15 is 0 Å². The third kappa shape index (κ3) is 4.62. The number of nitrogens with zero attached hydrogens (tertiary/aromatic N) is 2. The highest BCUT2D eigenvalue weighted by molar-refractivity contribution is 8.00. The monoisotopic (exact) mass is 462 g/mol. The van der Waals surface area contributed by atoms with Crippen LogP contribution in [0.15, 0.2) is 77.0 Å².